The van der Waals surface area contributed by atoms with E-state index in [1.165, 1.54) is 11.1 Å². The van der Waals surface area contributed by atoms with Crippen molar-refractivity contribution in [3.63, 3.8) is 0 Å². The molecule has 1 N–H and O–H groups in total. The maximum Gasteiger partial charge on any atom is 0.259 e. The fraction of sp³-hybridized carbons (Fsp3) is 0.391. The van der Waals surface area contributed by atoms with Gasteiger partial charge in [-0.05, 0) is 37.3 Å². The molecule has 3 aromatic rings. The molecule has 0 aliphatic heterocycles. The van der Waals surface area contributed by atoms with Crippen LogP contribution in [0.15, 0.2) is 42.9 Å². The summed E-state index contributed by atoms with van der Waals surface area (Å²) in [5.74, 6) is 1.23. The fourth-order valence-corrected chi connectivity index (χ4v) is 3.84. The molecular weight excluding hydrogens is 362 g/mol. The van der Waals surface area contributed by atoms with Crippen LogP contribution in [0, 0.1) is 6.92 Å². The average molecular weight is 390 g/mol. The number of fused-ring (bicyclic) bond motifs is 1. The minimum Gasteiger partial charge on any atom is -0.306 e. The number of anilines is 1. The quantitative estimate of drug-likeness (QED) is 0.718. The molecule has 1 aliphatic rings. The van der Waals surface area contributed by atoms with Crippen molar-refractivity contribution in [1.29, 1.82) is 0 Å². The molecule has 0 saturated heterocycles. The predicted octanol–water partition coefficient (Wildman–Crippen LogP) is 4.46. The molecule has 1 aliphatic carbocycles. The third-order valence-electron chi connectivity index (χ3n) is 5.43. The summed E-state index contributed by atoms with van der Waals surface area (Å²) in [5, 5.41) is 7.65. The zero-order valence-corrected chi connectivity index (χ0v) is 17.4. The van der Waals surface area contributed by atoms with E-state index >= 15 is 0 Å². The third kappa shape index (κ3) is 3.79. The van der Waals surface area contributed by atoms with Crippen molar-refractivity contribution in [2.24, 2.45) is 0 Å². The van der Waals surface area contributed by atoms with E-state index in [1.54, 1.807) is 12.4 Å². The number of hydrogen-bond donors (Lipinski definition) is 1. The van der Waals surface area contributed by atoms with Gasteiger partial charge in [-0.2, -0.15) is 5.10 Å². The van der Waals surface area contributed by atoms with Gasteiger partial charge in [-0.15, -0.1) is 0 Å². The number of nitrogens with zero attached hydrogens (tertiary/aromatic N) is 4. The SMILES string of the molecule is Cc1cnn(C2CCCc3ccccc32)c1NC(=O)c1cnc(C(C)(C)C)nc1. The highest BCUT2D eigenvalue weighted by molar-refractivity contribution is 6.03. The summed E-state index contributed by atoms with van der Waals surface area (Å²) in [6, 6.07) is 8.63. The monoisotopic (exact) mass is 389 g/mol. The first-order chi connectivity index (χ1) is 13.8. The molecule has 2 heterocycles. The van der Waals surface area contributed by atoms with Gasteiger partial charge in [-0.1, -0.05) is 45.0 Å². The minimum atomic E-state index is -0.223. The van der Waals surface area contributed by atoms with E-state index in [9.17, 15) is 4.79 Å². The van der Waals surface area contributed by atoms with Gasteiger partial charge in [0, 0.05) is 23.4 Å². The molecule has 1 aromatic carbocycles. The number of carbonyl (C=O) groups is 1. The summed E-state index contributed by atoms with van der Waals surface area (Å²) < 4.78 is 1.95. The van der Waals surface area contributed by atoms with E-state index in [4.69, 9.17) is 0 Å². The Kier molecular flexibility index (Phi) is 4.94. The highest BCUT2D eigenvalue weighted by Crippen LogP contribution is 2.35. The molecular formula is C23H27N5O. The van der Waals surface area contributed by atoms with E-state index in [-0.39, 0.29) is 17.4 Å². The second-order valence-electron chi connectivity index (χ2n) is 8.73. The Balaban J connectivity index is 1.61. The Hall–Kier alpha value is -3.02. The van der Waals surface area contributed by atoms with E-state index < -0.39 is 0 Å². The van der Waals surface area contributed by atoms with Gasteiger partial charge in [0.25, 0.3) is 5.91 Å². The molecule has 4 rings (SSSR count). The molecule has 150 valence electrons. The Morgan fingerprint density at radius 1 is 1.14 bits per heavy atom. The zero-order valence-electron chi connectivity index (χ0n) is 17.4. The van der Waals surface area contributed by atoms with Crippen LogP contribution in [-0.2, 0) is 11.8 Å². The van der Waals surface area contributed by atoms with Crippen LogP contribution in [0.4, 0.5) is 5.82 Å². The van der Waals surface area contributed by atoms with Gasteiger partial charge in [-0.3, -0.25) is 4.79 Å². The number of amides is 1. The summed E-state index contributed by atoms with van der Waals surface area (Å²) in [6.45, 7) is 8.11. The van der Waals surface area contributed by atoms with Crippen molar-refractivity contribution < 1.29 is 4.79 Å². The van der Waals surface area contributed by atoms with Crippen molar-refractivity contribution in [2.75, 3.05) is 5.32 Å². The molecule has 0 fully saturated rings. The number of nitrogens with one attached hydrogen (secondary N) is 1. The number of benzene rings is 1. The topological polar surface area (TPSA) is 72.7 Å². The minimum absolute atomic E-state index is 0.128. The van der Waals surface area contributed by atoms with Crippen molar-refractivity contribution in [1.82, 2.24) is 19.7 Å². The first-order valence-electron chi connectivity index (χ1n) is 10.1. The Morgan fingerprint density at radius 2 is 1.86 bits per heavy atom. The van der Waals surface area contributed by atoms with E-state index in [0.717, 1.165) is 30.6 Å². The van der Waals surface area contributed by atoms with Crippen molar-refractivity contribution in [3.05, 3.63) is 70.9 Å². The molecule has 1 amide bonds. The third-order valence-corrected chi connectivity index (χ3v) is 5.43. The lowest BCUT2D eigenvalue weighted by Crippen LogP contribution is -2.23. The largest absolute Gasteiger partial charge is 0.306 e. The number of hydrogen-bond acceptors (Lipinski definition) is 4. The molecule has 0 saturated carbocycles. The molecule has 29 heavy (non-hydrogen) atoms. The van der Waals surface area contributed by atoms with Crippen LogP contribution < -0.4 is 5.32 Å². The van der Waals surface area contributed by atoms with Gasteiger partial charge in [0.2, 0.25) is 0 Å². The lowest BCUT2D eigenvalue weighted by atomic mass is 9.88. The van der Waals surface area contributed by atoms with Gasteiger partial charge < -0.3 is 5.32 Å². The summed E-state index contributed by atoms with van der Waals surface area (Å²) in [7, 11) is 0. The van der Waals surface area contributed by atoms with Crippen LogP contribution in [0.2, 0.25) is 0 Å². The second-order valence-corrected chi connectivity index (χ2v) is 8.73. The van der Waals surface area contributed by atoms with Crippen LogP contribution in [0.25, 0.3) is 0 Å². The smallest absolute Gasteiger partial charge is 0.259 e. The maximum absolute atomic E-state index is 12.9. The van der Waals surface area contributed by atoms with E-state index in [0.29, 0.717) is 11.4 Å². The highest BCUT2D eigenvalue weighted by atomic mass is 16.1. The van der Waals surface area contributed by atoms with E-state index in [1.807, 2.05) is 38.6 Å². The molecule has 0 spiro atoms. The van der Waals surface area contributed by atoms with Crippen LogP contribution >= 0.6 is 0 Å². The fourth-order valence-electron chi connectivity index (χ4n) is 3.84. The molecule has 0 radical (unpaired) electrons. The van der Waals surface area contributed by atoms with Crippen molar-refractivity contribution >= 4 is 11.7 Å². The summed E-state index contributed by atoms with van der Waals surface area (Å²) >= 11 is 0. The van der Waals surface area contributed by atoms with Gasteiger partial charge in [0.1, 0.15) is 11.6 Å². The normalized spacial score (nSPS) is 16.3. The van der Waals surface area contributed by atoms with Crippen molar-refractivity contribution in [3.8, 4) is 0 Å². The summed E-state index contributed by atoms with van der Waals surface area (Å²) in [6.07, 6.45) is 8.20. The number of aryl methyl sites for hydroxylation is 2. The van der Waals surface area contributed by atoms with Crippen LogP contribution in [-0.4, -0.2) is 25.7 Å². The average Bonchev–Trinajstić information content (AvgIpc) is 3.07. The second kappa shape index (κ2) is 7.43. The van der Waals surface area contributed by atoms with E-state index in [2.05, 4.69) is 44.6 Å². The lowest BCUT2D eigenvalue weighted by molar-refractivity contribution is 0.102. The molecule has 1 unspecified atom stereocenters. The number of rotatable bonds is 3. The standard InChI is InChI=1S/C23H27N5O/c1-15-12-26-28(19-11-7-9-16-8-5-6-10-18(16)19)20(15)27-21(29)17-13-24-22(25-14-17)23(2,3)4/h5-6,8,10,12-14,19H,7,9,11H2,1-4H3,(H,27,29). The molecule has 6 nitrogen and oxygen atoms in total. The first-order valence-corrected chi connectivity index (χ1v) is 10.1. The summed E-state index contributed by atoms with van der Waals surface area (Å²) in [5.41, 5.74) is 3.87. The molecule has 1 atom stereocenters. The van der Waals surface area contributed by atoms with Crippen LogP contribution in [0.5, 0.6) is 0 Å². The number of carbonyl (C=O) groups excluding carboxylic acids is 1. The Labute approximate surface area is 171 Å². The first kappa shape index (κ1) is 19.3. The summed E-state index contributed by atoms with van der Waals surface area (Å²) in [4.78, 5) is 21.6. The highest BCUT2D eigenvalue weighted by Gasteiger charge is 2.26. The van der Waals surface area contributed by atoms with Gasteiger partial charge >= 0.3 is 0 Å². The molecule has 0 bridgehead atoms. The zero-order chi connectivity index (χ0) is 20.6. The molecule has 6 heteroatoms. The predicted molar refractivity (Wildman–Crippen MR) is 113 cm³/mol. The Morgan fingerprint density at radius 3 is 2.59 bits per heavy atom. The number of aromatic nitrogens is 4. The Bertz CT molecular complexity index is 1030. The maximum atomic E-state index is 12.9. The lowest BCUT2D eigenvalue weighted by Gasteiger charge is -2.27. The van der Waals surface area contributed by atoms with Crippen LogP contribution in [0.3, 0.4) is 0 Å². The van der Waals surface area contributed by atoms with Gasteiger partial charge in [0.15, 0.2) is 0 Å². The van der Waals surface area contributed by atoms with Crippen LogP contribution in [0.1, 0.15) is 72.5 Å². The van der Waals surface area contributed by atoms with Crippen molar-refractivity contribution in [2.45, 2.75) is 58.4 Å². The molecule has 2 aromatic heterocycles. The van der Waals surface area contributed by atoms with Gasteiger partial charge in [-0.25, -0.2) is 14.6 Å². The van der Waals surface area contributed by atoms with Gasteiger partial charge in [0.05, 0.1) is 17.8 Å².